The summed E-state index contributed by atoms with van der Waals surface area (Å²) < 4.78 is 12.7. The summed E-state index contributed by atoms with van der Waals surface area (Å²) in [6.45, 7) is 6.89. The molecule has 3 rings (SSSR count). The molecule has 0 saturated carbocycles. The van der Waals surface area contributed by atoms with Crippen molar-refractivity contribution >= 4 is 11.7 Å². The number of carbonyl (C=O) groups excluding carboxylic acids is 1. The fraction of sp³-hybridized carbons (Fsp3) is 0.562. The monoisotopic (exact) mass is 318 g/mol. The minimum absolute atomic E-state index is 0.170. The van der Waals surface area contributed by atoms with Crippen molar-refractivity contribution in [2.75, 3.05) is 20.2 Å². The molecule has 124 valence electrons. The van der Waals surface area contributed by atoms with E-state index >= 15 is 0 Å². The van der Waals surface area contributed by atoms with E-state index in [4.69, 9.17) is 9.47 Å². The first kappa shape index (κ1) is 15.6. The van der Waals surface area contributed by atoms with Gasteiger partial charge in [-0.1, -0.05) is 0 Å². The van der Waals surface area contributed by atoms with Crippen LogP contribution in [-0.2, 0) is 4.74 Å². The SMILES string of the molecule is COc1nc(C2CCN(C(=O)OC(C)(C)C)C2)cn2ccnc12. The van der Waals surface area contributed by atoms with Gasteiger partial charge in [-0.15, -0.1) is 0 Å². The van der Waals surface area contributed by atoms with Crippen LogP contribution in [0.1, 0.15) is 38.8 Å². The Morgan fingerprint density at radius 3 is 2.87 bits per heavy atom. The van der Waals surface area contributed by atoms with Crippen LogP contribution in [0.4, 0.5) is 4.79 Å². The Bertz CT molecular complexity index is 720. The number of carbonyl (C=O) groups is 1. The van der Waals surface area contributed by atoms with Gasteiger partial charge in [0.1, 0.15) is 5.60 Å². The van der Waals surface area contributed by atoms with Crippen molar-refractivity contribution in [3.05, 3.63) is 24.3 Å². The van der Waals surface area contributed by atoms with E-state index in [0.29, 0.717) is 24.6 Å². The number of rotatable bonds is 2. The quantitative estimate of drug-likeness (QED) is 0.851. The maximum absolute atomic E-state index is 12.2. The summed E-state index contributed by atoms with van der Waals surface area (Å²) >= 11 is 0. The van der Waals surface area contributed by atoms with E-state index in [0.717, 1.165) is 12.1 Å². The number of hydrogen-bond acceptors (Lipinski definition) is 5. The molecule has 2 aromatic heterocycles. The van der Waals surface area contributed by atoms with Gasteiger partial charge in [0.05, 0.1) is 12.8 Å². The number of hydrogen-bond donors (Lipinski definition) is 0. The van der Waals surface area contributed by atoms with Crippen LogP contribution in [0, 0.1) is 0 Å². The first-order valence-corrected chi connectivity index (χ1v) is 7.73. The zero-order chi connectivity index (χ0) is 16.6. The standard InChI is InChI=1S/C16H22N4O3/c1-16(2,3)23-15(21)20-7-5-11(9-20)12-10-19-8-6-17-13(19)14(18-12)22-4/h6,8,10-11H,5,7,9H2,1-4H3. The lowest BCUT2D eigenvalue weighted by molar-refractivity contribution is 0.0292. The minimum Gasteiger partial charge on any atom is -0.478 e. The summed E-state index contributed by atoms with van der Waals surface area (Å²) in [5.41, 5.74) is 1.11. The molecule has 1 atom stereocenters. The summed E-state index contributed by atoms with van der Waals surface area (Å²) in [5.74, 6) is 0.673. The highest BCUT2D eigenvalue weighted by Crippen LogP contribution is 2.29. The van der Waals surface area contributed by atoms with Crippen LogP contribution in [0.3, 0.4) is 0 Å². The zero-order valence-electron chi connectivity index (χ0n) is 13.9. The molecule has 7 heteroatoms. The summed E-state index contributed by atoms with van der Waals surface area (Å²) in [7, 11) is 1.59. The third kappa shape index (κ3) is 3.23. The first-order chi connectivity index (χ1) is 10.9. The average Bonchev–Trinajstić information content (AvgIpc) is 3.13. The topological polar surface area (TPSA) is 69.0 Å². The van der Waals surface area contributed by atoms with Crippen LogP contribution in [0.5, 0.6) is 5.88 Å². The van der Waals surface area contributed by atoms with E-state index in [1.165, 1.54) is 0 Å². The predicted molar refractivity (Wildman–Crippen MR) is 84.7 cm³/mol. The van der Waals surface area contributed by atoms with Crippen molar-refractivity contribution in [3.8, 4) is 5.88 Å². The molecule has 7 nitrogen and oxygen atoms in total. The second-order valence-corrected chi connectivity index (χ2v) is 6.75. The molecule has 1 aliphatic heterocycles. The normalized spacial score (nSPS) is 18.4. The van der Waals surface area contributed by atoms with Gasteiger partial charge in [0.15, 0.2) is 5.65 Å². The highest BCUT2D eigenvalue weighted by Gasteiger charge is 2.31. The highest BCUT2D eigenvalue weighted by atomic mass is 16.6. The predicted octanol–water partition coefficient (Wildman–Crippen LogP) is 2.46. The molecular formula is C16H22N4O3. The van der Waals surface area contributed by atoms with Gasteiger partial charge in [-0.05, 0) is 27.2 Å². The van der Waals surface area contributed by atoms with Gasteiger partial charge in [0.25, 0.3) is 5.88 Å². The fourth-order valence-electron chi connectivity index (χ4n) is 2.75. The molecule has 1 aliphatic rings. The molecule has 0 aromatic carbocycles. The van der Waals surface area contributed by atoms with Gasteiger partial charge in [-0.3, -0.25) is 0 Å². The number of likely N-dealkylation sites (tertiary alicyclic amines) is 1. The lowest BCUT2D eigenvalue weighted by Gasteiger charge is -2.24. The Balaban J connectivity index is 1.77. The molecule has 23 heavy (non-hydrogen) atoms. The molecular weight excluding hydrogens is 296 g/mol. The van der Waals surface area contributed by atoms with Crippen LogP contribution in [0.25, 0.3) is 5.65 Å². The zero-order valence-corrected chi connectivity index (χ0v) is 13.9. The summed E-state index contributed by atoms with van der Waals surface area (Å²) in [6.07, 6.45) is 6.12. The maximum Gasteiger partial charge on any atom is 0.410 e. The number of imidazole rings is 1. The third-order valence-electron chi connectivity index (χ3n) is 3.81. The van der Waals surface area contributed by atoms with E-state index in [9.17, 15) is 4.79 Å². The fourth-order valence-corrected chi connectivity index (χ4v) is 2.75. The molecule has 0 bridgehead atoms. The van der Waals surface area contributed by atoms with Crippen molar-refractivity contribution < 1.29 is 14.3 Å². The van der Waals surface area contributed by atoms with Crippen LogP contribution in [0.15, 0.2) is 18.6 Å². The van der Waals surface area contributed by atoms with Crippen LogP contribution in [-0.4, -0.2) is 51.2 Å². The molecule has 0 radical (unpaired) electrons. The maximum atomic E-state index is 12.2. The van der Waals surface area contributed by atoms with Gasteiger partial charge in [0, 0.05) is 37.6 Å². The summed E-state index contributed by atoms with van der Waals surface area (Å²) in [6, 6.07) is 0. The largest absolute Gasteiger partial charge is 0.478 e. The number of fused-ring (bicyclic) bond motifs is 1. The van der Waals surface area contributed by atoms with E-state index in [1.54, 1.807) is 18.2 Å². The average molecular weight is 318 g/mol. The van der Waals surface area contributed by atoms with E-state index in [-0.39, 0.29) is 12.0 Å². The first-order valence-electron chi connectivity index (χ1n) is 7.73. The van der Waals surface area contributed by atoms with Gasteiger partial charge in [-0.2, -0.15) is 0 Å². The van der Waals surface area contributed by atoms with E-state index < -0.39 is 5.60 Å². The molecule has 1 unspecified atom stereocenters. The minimum atomic E-state index is -0.480. The molecule has 0 spiro atoms. The van der Waals surface area contributed by atoms with Crippen LogP contribution in [0.2, 0.25) is 0 Å². The highest BCUT2D eigenvalue weighted by molar-refractivity contribution is 5.68. The number of amides is 1. The molecule has 0 aliphatic carbocycles. The summed E-state index contributed by atoms with van der Waals surface area (Å²) in [5, 5.41) is 0. The van der Waals surface area contributed by atoms with Gasteiger partial charge in [-0.25, -0.2) is 14.8 Å². The molecule has 2 aromatic rings. The van der Waals surface area contributed by atoms with Crippen molar-refractivity contribution in [1.29, 1.82) is 0 Å². The number of nitrogens with zero attached hydrogens (tertiary/aromatic N) is 4. The van der Waals surface area contributed by atoms with Crippen LogP contribution < -0.4 is 4.74 Å². The smallest absolute Gasteiger partial charge is 0.410 e. The van der Waals surface area contributed by atoms with Crippen molar-refractivity contribution in [2.24, 2.45) is 0 Å². The number of aromatic nitrogens is 3. The second kappa shape index (κ2) is 5.72. The second-order valence-electron chi connectivity index (χ2n) is 6.75. The Hall–Kier alpha value is -2.31. The number of methoxy groups -OCH3 is 1. The van der Waals surface area contributed by atoms with E-state index in [1.807, 2.05) is 37.6 Å². The third-order valence-corrected chi connectivity index (χ3v) is 3.81. The van der Waals surface area contributed by atoms with Gasteiger partial charge >= 0.3 is 6.09 Å². The lowest BCUT2D eigenvalue weighted by Crippen LogP contribution is -2.35. The molecule has 3 heterocycles. The Labute approximate surface area is 135 Å². The summed E-state index contributed by atoms with van der Waals surface area (Å²) in [4.78, 5) is 22.7. The Morgan fingerprint density at radius 2 is 2.17 bits per heavy atom. The molecule has 1 amide bonds. The van der Waals surface area contributed by atoms with Gasteiger partial charge < -0.3 is 18.8 Å². The number of ether oxygens (including phenoxy) is 2. The molecule has 0 N–H and O–H groups in total. The van der Waals surface area contributed by atoms with Crippen molar-refractivity contribution in [1.82, 2.24) is 19.3 Å². The Kier molecular flexibility index (Phi) is 3.87. The lowest BCUT2D eigenvalue weighted by atomic mass is 10.1. The van der Waals surface area contributed by atoms with Crippen molar-refractivity contribution in [3.63, 3.8) is 0 Å². The van der Waals surface area contributed by atoms with E-state index in [2.05, 4.69) is 9.97 Å². The Morgan fingerprint density at radius 1 is 1.39 bits per heavy atom. The van der Waals surface area contributed by atoms with Gasteiger partial charge in [0.2, 0.25) is 0 Å². The molecule has 1 fully saturated rings. The van der Waals surface area contributed by atoms with Crippen LogP contribution >= 0.6 is 0 Å². The van der Waals surface area contributed by atoms with Crippen molar-refractivity contribution in [2.45, 2.75) is 38.7 Å². The molecule has 1 saturated heterocycles.